The number of aromatic hydroxyl groups is 1. The molecule has 0 bridgehead atoms. The quantitative estimate of drug-likeness (QED) is 0.639. The molecule has 2 aromatic rings. The standard InChI is InChI=1S/C17H20N4O5/c1-3-4-7-21-14-12(15(23)20-17(21)25)13(18-16(24)19-14)9-5-6-11(26-2)10(22)8-9/h5-6,8,13,22H,3-4,7H2,1-2H3,(H2,18,19,24)(H,20,23,25). The van der Waals surface area contributed by atoms with Crippen molar-refractivity contribution in [3.63, 3.8) is 0 Å². The van der Waals surface area contributed by atoms with Gasteiger partial charge in [-0.25, -0.2) is 9.59 Å². The maximum Gasteiger partial charge on any atom is 0.329 e. The van der Waals surface area contributed by atoms with Gasteiger partial charge in [0.15, 0.2) is 11.5 Å². The van der Waals surface area contributed by atoms with Crippen molar-refractivity contribution in [2.45, 2.75) is 32.4 Å². The molecule has 138 valence electrons. The number of urea groups is 1. The molecule has 3 rings (SSSR count). The Balaban J connectivity index is 2.17. The molecule has 1 aliphatic heterocycles. The molecule has 2 heterocycles. The van der Waals surface area contributed by atoms with Crippen LogP contribution in [0.25, 0.3) is 0 Å². The van der Waals surface area contributed by atoms with Gasteiger partial charge in [-0.2, -0.15) is 0 Å². The monoisotopic (exact) mass is 360 g/mol. The first-order chi connectivity index (χ1) is 12.5. The van der Waals surface area contributed by atoms with Crippen molar-refractivity contribution in [3.8, 4) is 11.5 Å². The molecule has 9 heteroatoms. The number of phenolic OH excluding ortho intramolecular Hbond substituents is 1. The van der Waals surface area contributed by atoms with Gasteiger partial charge in [-0.15, -0.1) is 0 Å². The van der Waals surface area contributed by atoms with Crippen LogP contribution in [-0.2, 0) is 6.54 Å². The van der Waals surface area contributed by atoms with Gasteiger partial charge < -0.3 is 15.2 Å². The summed E-state index contributed by atoms with van der Waals surface area (Å²) in [6.45, 7) is 2.35. The van der Waals surface area contributed by atoms with Crippen molar-refractivity contribution in [2.75, 3.05) is 12.4 Å². The third-order valence-corrected chi connectivity index (χ3v) is 4.30. The summed E-state index contributed by atoms with van der Waals surface area (Å²) >= 11 is 0. The Morgan fingerprint density at radius 3 is 2.69 bits per heavy atom. The number of methoxy groups -OCH3 is 1. The number of nitrogens with one attached hydrogen (secondary N) is 3. The van der Waals surface area contributed by atoms with Gasteiger partial charge in [0, 0.05) is 6.54 Å². The fourth-order valence-corrected chi connectivity index (χ4v) is 3.00. The summed E-state index contributed by atoms with van der Waals surface area (Å²) in [5.41, 5.74) is -0.457. The number of phenols is 1. The normalized spacial score (nSPS) is 15.8. The molecule has 1 aromatic carbocycles. The maximum absolute atomic E-state index is 12.5. The summed E-state index contributed by atoms with van der Waals surface area (Å²) in [5, 5.41) is 15.2. The lowest BCUT2D eigenvalue weighted by Crippen LogP contribution is -2.46. The number of H-pyrrole nitrogens is 1. The predicted octanol–water partition coefficient (Wildman–Crippen LogP) is 1.28. The van der Waals surface area contributed by atoms with E-state index < -0.39 is 23.3 Å². The largest absolute Gasteiger partial charge is 0.504 e. The highest BCUT2D eigenvalue weighted by molar-refractivity contribution is 5.92. The molecule has 4 N–H and O–H groups in total. The maximum atomic E-state index is 12.5. The van der Waals surface area contributed by atoms with E-state index in [-0.39, 0.29) is 22.9 Å². The van der Waals surface area contributed by atoms with Gasteiger partial charge in [-0.1, -0.05) is 19.4 Å². The molecule has 0 aliphatic carbocycles. The van der Waals surface area contributed by atoms with Crippen LogP contribution in [0.5, 0.6) is 11.5 Å². The van der Waals surface area contributed by atoms with Crippen molar-refractivity contribution in [1.82, 2.24) is 14.9 Å². The number of aromatic nitrogens is 2. The van der Waals surface area contributed by atoms with Crippen LogP contribution in [0.1, 0.15) is 36.9 Å². The summed E-state index contributed by atoms with van der Waals surface area (Å²) in [4.78, 5) is 39.1. The van der Waals surface area contributed by atoms with Gasteiger partial charge in [0.05, 0.1) is 18.7 Å². The highest BCUT2D eigenvalue weighted by atomic mass is 16.5. The lowest BCUT2D eigenvalue weighted by atomic mass is 9.98. The van der Waals surface area contributed by atoms with Crippen molar-refractivity contribution >= 4 is 11.8 Å². The van der Waals surface area contributed by atoms with Crippen LogP contribution in [0, 0.1) is 0 Å². The molecule has 0 radical (unpaired) electrons. The van der Waals surface area contributed by atoms with Gasteiger partial charge in [-0.3, -0.25) is 19.7 Å². The summed E-state index contributed by atoms with van der Waals surface area (Å²) in [6.07, 6.45) is 1.57. The van der Waals surface area contributed by atoms with Crippen molar-refractivity contribution in [3.05, 3.63) is 50.2 Å². The van der Waals surface area contributed by atoms with E-state index >= 15 is 0 Å². The van der Waals surface area contributed by atoms with E-state index in [0.29, 0.717) is 12.1 Å². The zero-order valence-corrected chi connectivity index (χ0v) is 14.5. The van der Waals surface area contributed by atoms with E-state index in [0.717, 1.165) is 12.8 Å². The highest BCUT2D eigenvalue weighted by Crippen LogP contribution is 2.33. The zero-order chi connectivity index (χ0) is 18.8. The summed E-state index contributed by atoms with van der Waals surface area (Å²) < 4.78 is 6.37. The van der Waals surface area contributed by atoms with Gasteiger partial charge in [-0.05, 0) is 24.1 Å². The molecule has 0 saturated heterocycles. The minimum Gasteiger partial charge on any atom is -0.504 e. The van der Waals surface area contributed by atoms with Gasteiger partial charge in [0.2, 0.25) is 0 Å². The first-order valence-electron chi connectivity index (χ1n) is 8.27. The molecule has 2 amide bonds. The lowest BCUT2D eigenvalue weighted by molar-refractivity contribution is 0.248. The van der Waals surface area contributed by atoms with Crippen LogP contribution < -0.4 is 26.6 Å². The van der Waals surface area contributed by atoms with E-state index in [2.05, 4.69) is 15.6 Å². The van der Waals surface area contributed by atoms with Gasteiger partial charge in [0.1, 0.15) is 5.82 Å². The summed E-state index contributed by atoms with van der Waals surface area (Å²) in [7, 11) is 1.42. The second kappa shape index (κ2) is 6.95. The van der Waals surface area contributed by atoms with Gasteiger partial charge in [0.25, 0.3) is 5.56 Å². The molecule has 1 atom stereocenters. The number of aromatic amines is 1. The minimum absolute atomic E-state index is 0.116. The topological polar surface area (TPSA) is 125 Å². The summed E-state index contributed by atoms with van der Waals surface area (Å²) in [5.74, 6) is 0.336. The number of anilines is 1. The van der Waals surface area contributed by atoms with Crippen LogP contribution in [0.2, 0.25) is 0 Å². The average molecular weight is 360 g/mol. The van der Waals surface area contributed by atoms with Crippen molar-refractivity contribution < 1.29 is 14.6 Å². The van der Waals surface area contributed by atoms with Crippen molar-refractivity contribution in [1.29, 1.82) is 0 Å². The smallest absolute Gasteiger partial charge is 0.329 e. The Hall–Kier alpha value is -3.23. The number of carbonyl (C=O) groups excluding carboxylic acids is 1. The van der Waals surface area contributed by atoms with Crippen LogP contribution in [-0.4, -0.2) is 27.8 Å². The van der Waals surface area contributed by atoms with E-state index in [1.807, 2.05) is 6.92 Å². The number of rotatable bonds is 5. The molecule has 26 heavy (non-hydrogen) atoms. The molecule has 1 aliphatic rings. The fraction of sp³-hybridized carbons (Fsp3) is 0.353. The molecular formula is C17H20N4O5. The Bertz CT molecular complexity index is 963. The van der Waals surface area contributed by atoms with Crippen LogP contribution in [0.3, 0.4) is 0 Å². The van der Waals surface area contributed by atoms with Gasteiger partial charge >= 0.3 is 11.7 Å². The van der Waals surface area contributed by atoms with Crippen molar-refractivity contribution in [2.24, 2.45) is 0 Å². The Kier molecular flexibility index (Phi) is 4.70. The highest BCUT2D eigenvalue weighted by Gasteiger charge is 2.31. The molecule has 0 saturated carbocycles. The zero-order valence-electron chi connectivity index (χ0n) is 14.5. The van der Waals surface area contributed by atoms with E-state index in [1.165, 1.54) is 17.7 Å². The minimum atomic E-state index is -0.812. The number of benzene rings is 1. The number of fused-ring (bicyclic) bond motifs is 1. The van der Waals surface area contributed by atoms with E-state index in [9.17, 15) is 19.5 Å². The number of hydrogen-bond acceptors (Lipinski definition) is 5. The molecule has 1 aromatic heterocycles. The SMILES string of the molecule is CCCCn1c2c(c(=O)[nH]c1=O)C(c1ccc(OC)c(O)c1)NC(=O)N2. The lowest BCUT2D eigenvalue weighted by Gasteiger charge is -2.28. The fourth-order valence-electron chi connectivity index (χ4n) is 3.00. The number of nitrogens with zero attached hydrogens (tertiary/aromatic N) is 1. The molecule has 1 unspecified atom stereocenters. The number of amides is 2. The average Bonchev–Trinajstić information content (AvgIpc) is 2.60. The predicted molar refractivity (Wildman–Crippen MR) is 94.9 cm³/mol. The van der Waals surface area contributed by atoms with Crippen LogP contribution in [0.15, 0.2) is 27.8 Å². The third-order valence-electron chi connectivity index (χ3n) is 4.30. The number of hydrogen-bond donors (Lipinski definition) is 4. The van der Waals surface area contributed by atoms with E-state index in [4.69, 9.17) is 4.74 Å². The van der Waals surface area contributed by atoms with E-state index in [1.54, 1.807) is 12.1 Å². The second-order valence-corrected chi connectivity index (χ2v) is 5.99. The van der Waals surface area contributed by atoms with Crippen LogP contribution in [0.4, 0.5) is 10.6 Å². The molecule has 9 nitrogen and oxygen atoms in total. The molecule has 0 fully saturated rings. The first kappa shape index (κ1) is 17.6. The Morgan fingerprint density at radius 2 is 2.04 bits per heavy atom. The first-order valence-corrected chi connectivity index (χ1v) is 8.27. The third kappa shape index (κ3) is 3.03. The number of unbranched alkanes of at least 4 members (excludes halogenated alkanes) is 1. The Labute approximate surface area is 148 Å². The number of ether oxygens (including phenoxy) is 1. The summed E-state index contributed by atoms with van der Waals surface area (Å²) in [6, 6.07) is 3.25. The molecule has 0 spiro atoms. The second-order valence-electron chi connectivity index (χ2n) is 5.99. The number of carbonyl (C=O) groups is 1. The molecular weight excluding hydrogens is 340 g/mol. The van der Waals surface area contributed by atoms with Crippen LogP contribution >= 0.6 is 0 Å². The Morgan fingerprint density at radius 1 is 1.27 bits per heavy atom.